The Morgan fingerprint density at radius 2 is 1.92 bits per heavy atom. The van der Waals surface area contributed by atoms with Gasteiger partial charge in [0.05, 0.1) is 5.69 Å². The van der Waals surface area contributed by atoms with Crippen molar-refractivity contribution in [1.82, 2.24) is 19.7 Å². The second-order valence-corrected chi connectivity index (χ2v) is 5.86. The molecule has 1 unspecified atom stereocenters. The van der Waals surface area contributed by atoms with Gasteiger partial charge in [0.25, 0.3) is 11.5 Å². The number of nitrogens with one attached hydrogen (secondary N) is 2. The summed E-state index contributed by atoms with van der Waals surface area (Å²) < 4.78 is 7.01. The molecule has 2 heterocycles. The summed E-state index contributed by atoms with van der Waals surface area (Å²) in [5.74, 6) is 0.884. The summed E-state index contributed by atoms with van der Waals surface area (Å²) in [6.45, 7) is 5.15. The molecule has 2 aromatic heterocycles. The Morgan fingerprint density at radius 3 is 2.62 bits per heavy atom. The zero-order chi connectivity index (χ0) is 18.7. The Morgan fingerprint density at radius 1 is 1.19 bits per heavy atom. The molecule has 0 spiro atoms. The third-order valence-electron chi connectivity index (χ3n) is 3.57. The van der Waals surface area contributed by atoms with Crippen LogP contribution in [0.25, 0.3) is 5.95 Å². The van der Waals surface area contributed by atoms with Crippen LogP contribution < -0.4 is 15.6 Å². The standard InChI is InChI=1S/C18H19N5O3/c1-11-10-16(24)21-18(19-11)23-15(9-12(2)22-23)20-17(25)13(3)26-14-7-5-4-6-8-14/h4-10,13H,1-3H3,(H,20,25)(H,19,21,24). The third-order valence-corrected chi connectivity index (χ3v) is 3.57. The molecule has 1 aromatic carbocycles. The van der Waals surface area contributed by atoms with Gasteiger partial charge in [0.2, 0.25) is 5.95 Å². The number of benzene rings is 1. The molecule has 134 valence electrons. The van der Waals surface area contributed by atoms with Crippen LogP contribution in [0.5, 0.6) is 5.75 Å². The molecule has 0 aliphatic carbocycles. The van der Waals surface area contributed by atoms with E-state index in [1.165, 1.54) is 10.7 Å². The van der Waals surface area contributed by atoms with Crippen LogP contribution in [0.2, 0.25) is 0 Å². The molecule has 3 rings (SSSR count). The minimum absolute atomic E-state index is 0.232. The molecule has 3 aromatic rings. The summed E-state index contributed by atoms with van der Waals surface area (Å²) in [6.07, 6.45) is -0.717. The number of ether oxygens (including phenoxy) is 1. The molecule has 8 heteroatoms. The van der Waals surface area contributed by atoms with Gasteiger partial charge in [-0.25, -0.2) is 4.98 Å². The van der Waals surface area contributed by atoms with E-state index in [2.05, 4.69) is 20.4 Å². The van der Waals surface area contributed by atoms with Gasteiger partial charge in [0, 0.05) is 17.8 Å². The average Bonchev–Trinajstić information content (AvgIpc) is 2.95. The number of anilines is 1. The first-order valence-corrected chi connectivity index (χ1v) is 8.10. The first kappa shape index (κ1) is 17.4. The topological polar surface area (TPSA) is 102 Å². The summed E-state index contributed by atoms with van der Waals surface area (Å²) in [6, 6.07) is 12.2. The van der Waals surface area contributed by atoms with Gasteiger partial charge in [-0.05, 0) is 32.9 Å². The monoisotopic (exact) mass is 353 g/mol. The van der Waals surface area contributed by atoms with Gasteiger partial charge in [0.15, 0.2) is 6.10 Å². The van der Waals surface area contributed by atoms with Gasteiger partial charge in [0.1, 0.15) is 11.6 Å². The largest absolute Gasteiger partial charge is 0.481 e. The Labute approximate surface area is 149 Å². The number of hydrogen-bond acceptors (Lipinski definition) is 5. The van der Waals surface area contributed by atoms with Crippen molar-refractivity contribution in [1.29, 1.82) is 0 Å². The molecule has 2 N–H and O–H groups in total. The predicted octanol–water partition coefficient (Wildman–Crippen LogP) is 1.98. The lowest BCUT2D eigenvalue weighted by Crippen LogP contribution is -2.31. The smallest absolute Gasteiger partial charge is 0.266 e. The highest BCUT2D eigenvalue weighted by Crippen LogP contribution is 2.16. The van der Waals surface area contributed by atoms with Gasteiger partial charge in [-0.3, -0.25) is 14.6 Å². The van der Waals surface area contributed by atoms with E-state index < -0.39 is 6.10 Å². The summed E-state index contributed by atoms with van der Waals surface area (Å²) >= 11 is 0. The lowest BCUT2D eigenvalue weighted by molar-refractivity contribution is -0.122. The van der Waals surface area contributed by atoms with E-state index in [4.69, 9.17) is 4.74 Å². The van der Waals surface area contributed by atoms with Gasteiger partial charge in [-0.1, -0.05) is 18.2 Å². The number of H-pyrrole nitrogens is 1. The third kappa shape index (κ3) is 3.97. The van der Waals surface area contributed by atoms with Crippen LogP contribution >= 0.6 is 0 Å². The molecule has 0 radical (unpaired) electrons. The van der Waals surface area contributed by atoms with Crippen LogP contribution in [0.15, 0.2) is 47.3 Å². The number of aromatic nitrogens is 4. The number of hydrogen-bond donors (Lipinski definition) is 2. The van der Waals surface area contributed by atoms with E-state index in [0.29, 0.717) is 23.0 Å². The molecule has 0 aliphatic rings. The average molecular weight is 353 g/mol. The number of aromatic amines is 1. The molecule has 0 saturated carbocycles. The first-order valence-electron chi connectivity index (χ1n) is 8.10. The highest BCUT2D eigenvalue weighted by molar-refractivity contribution is 5.93. The fraction of sp³-hybridized carbons (Fsp3) is 0.222. The van der Waals surface area contributed by atoms with Crippen LogP contribution in [0.1, 0.15) is 18.3 Å². The molecule has 0 aliphatic heterocycles. The molecular weight excluding hydrogens is 334 g/mol. The molecule has 8 nitrogen and oxygen atoms in total. The molecule has 26 heavy (non-hydrogen) atoms. The Bertz CT molecular complexity index is 978. The van der Waals surface area contributed by atoms with Crippen molar-refractivity contribution in [3.63, 3.8) is 0 Å². The summed E-state index contributed by atoms with van der Waals surface area (Å²) in [7, 11) is 0. The SMILES string of the molecule is Cc1cc(=O)[nH]c(-n2nc(C)cc2NC(=O)C(C)Oc2ccccc2)n1. The van der Waals surface area contributed by atoms with Crippen molar-refractivity contribution < 1.29 is 9.53 Å². The van der Waals surface area contributed by atoms with Crippen LogP contribution in [-0.4, -0.2) is 31.8 Å². The summed E-state index contributed by atoms with van der Waals surface area (Å²) in [4.78, 5) is 31.0. The van der Waals surface area contributed by atoms with Crippen LogP contribution in [0, 0.1) is 13.8 Å². The fourth-order valence-electron chi connectivity index (χ4n) is 2.40. The van der Waals surface area contributed by atoms with Crippen molar-refractivity contribution in [3.8, 4) is 11.7 Å². The number of amides is 1. The molecule has 1 atom stereocenters. The Kier molecular flexibility index (Phi) is 4.83. The maximum atomic E-state index is 12.5. The number of para-hydroxylation sites is 1. The van der Waals surface area contributed by atoms with Crippen molar-refractivity contribution >= 4 is 11.7 Å². The molecule has 1 amide bonds. The van der Waals surface area contributed by atoms with Crippen molar-refractivity contribution in [2.75, 3.05) is 5.32 Å². The predicted molar refractivity (Wildman–Crippen MR) is 96.6 cm³/mol. The number of carbonyl (C=O) groups is 1. The van der Waals surface area contributed by atoms with Gasteiger partial charge in [-0.15, -0.1) is 0 Å². The zero-order valence-electron chi connectivity index (χ0n) is 14.7. The molecule has 0 bridgehead atoms. The quantitative estimate of drug-likeness (QED) is 0.730. The van der Waals surface area contributed by atoms with Gasteiger partial charge in [-0.2, -0.15) is 9.78 Å². The van der Waals surface area contributed by atoms with Gasteiger partial charge < -0.3 is 10.1 Å². The van der Waals surface area contributed by atoms with Crippen LogP contribution in [0.3, 0.4) is 0 Å². The molecular formula is C18H19N5O3. The lowest BCUT2D eigenvalue weighted by Gasteiger charge is -2.15. The van der Waals surface area contributed by atoms with Crippen LogP contribution in [-0.2, 0) is 4.79 Å². The van der Waals surface area contributed by atoms with E-state index in [9.17, 15) is 9.59 Å². The minimum atomic E-state index is -0.717. The Hall–Kier alpha value is -3.42. The second kappa shape index (κ2) is 7.22. The number of rotatable bonds is 5. The number of nitrogens with zero attached hydrogens (tertiary/aromatic N) is 3. The molecule has 0 fully saturated rings. The first-order chi connectivity index (χ1) is 12.4. The van der Waals surface area contributed by atoms with E-state index in [-0.39, 0.29) is 17.4 Å². The van der Waals surface area contributed by atoms with Crippen molar-refractivity contribution in [3.05, 3.63) is 64.2 Å². The fourth-order valence-corrected chi connectivity index (χ4v) is 2.40. The maximum Gasteiger partial charge on any atom is 0.266 e. The van der Waals surface area contributed by atoms with E-state index in [1.54, 1.807) is 39.0 Å². The highest BCUT2D eigenvalue weighted by atomic mass is 16.5. The molecule has 0 saturated heterocycles. The van der Waals surface area contributed by atoms with Gasteiger partial charge >= 0.3 is 0 Å². The summed E-state index contributed by atoms with van der Waals surface area (Å²) in [5, 5.41) is 7.05. The lowest BCUT2D eigenvalue weighted by atomic mass is 10.3. The minimum Gasteiger partial charge on any atom is -0.481 e. The van der Waals surface area contributed by atoms with E-state index in [1.807, 2.05) is 18.2 Å². The number of aryl methyl sites for hydroxylation is 2. The maximum absolute atomic E-state index is 12.5. The second-order valence-electron chi connectivity index (χ2n) is 5.86. The van der Waals surface area contributed by atoms with E-state index in [0.717, 1.165) is 0 Å². The van der Waals surface area contributed by atoms with Crippen molar-refractivity contribution in [2.45, 2.75) is 26.9 Å². The zero-order valence-corrected chi connectivity index (χ0v) is 14.7. The Balaban J connectivity index is 1.81. The van der Waals surface area contributed by atoms with E-state index >= 15 is 0 Å². The van der Waals surface area contributed by atoms with Crippen molar-refractivity contribution in [2.24, 2.45) is 0 Å². The summed E-state index contributed by atoms with van der Waals surface area (Å²) in [5.41, 5.74) is 0.926. The normalized spacial score (nSPS) is 11.8. The van der Waals surface area contributed by atoms with Crippen LogP contribution in [0.4, 0.5) is 5.82 Å². The highest BCUT2D eigenvalue weighted by Gasteiger charge is 2.18. The number of carbonyl (C=O) groups excluding carboxylic acids is 1.